The molecule has 126 valence electrons. The maximum absolute atomic E-state index is 12.2. The summed E-state index contributed by atoms with van der Waals surface area (Å²) in [5.74, 6) is -0.268. The summed E-state index contributed by atoms with van der Waals surface area (Å²) in [6, 6.07) is 27.1. The molecule has 3 aromatic rings. The summed E-state index contributed by atoms with van der Waals surface area (Å²) >= 11 is 0.962. The first-order valence-corrected chi connectivity index (χ1v) is 8.31. The van der Waals surface area contributed by atoms with Crippen LogP contribution in [0.2, 0.25) is 0 Å². The van der Waals surface area contributed by atoms with Crippen molar-refractivity contribution < 1.29 is 17.7 Å². The zero-order valence-electron chi connectivity index (χ0n) is 12.6. The molecule has 0 bridgehead atoms. The number of benzene rings is 3. The SMILES string of the molecule is Fc1ccccc1S.O=S([O-])O.c1ccc(-c2ccccc2)cc1. The van der Waals surface area contributed by atoms with Gasteiger partial charge in [0.2, 0.25) is 0 Å². The van der Waals surface area contributed by atoms with Gasteiger partial charge in [-0.25, -0.2) is 8.60 Å². The van der Waals surface area contributed by atoms with Crippen molar-refractivity contribution in [1.82, 2.24) is 0 Å². The molecule has 1 atom stereocenters. The molecule has 1 unspecified atom stereocenters. The van der Waals surface area contributed by atoms with E-state index in [4.69, 9.17) is 13.3 Å². The topological polar surface area (TPSA) is 60.4 Å². The highest BCUT2D eigenvalue weighted by atomic mass is 32.2. The van der Waals surface area contributed by atoms with Crippen molar-refractivity contribution in [3.05, 3.63) is 90.7 Å². The van der Waals surface area contributed by atoms with E-state index in [1.165, 1.54) is 17.2 Å². The van der Waals surface area contributed by atoms with Gasteiger partial charge in [-0.15, -0.1) is 12.6 Å². The third kappa shape index (κ3) is 8.59. The minimum absolute atomic E-state index is 0.268. The van der Waals surface area contributed by atoms with Gasteiger partial charge in [-0.3, -0.25) is 0 Å². The summed E-state index contributed by atoms with van der Waals surface area (Å²) in [4.78, 5) is 0.396. The molecule has 0 radical (unpaired) electrons. The lowest BCUT2D eigenvalue weighted by atomic mass is 10.1. The van der Waals surface area contributed by atoms with Crippen LogP contribution in [0.1, 0.15) is 0 Å². The number of rotatable bonds is 1. The molecule has 0 aliphatic carbocycles. The Kier molecular flexibility index (Phi) is 9.64. The van der Waals surface area contributed by atoms with Crippen LogP contribution in [0.5, 0.6) is 0 Å². The number of halogens is 1. The van der Waals surface area contributed by atoms with E-state index in [-0.39, 0.29) is 5.82 Å². The molecule has 3 nitrogen and oxygen atoms in total. The lowest BCUT2D eigenvalue weighted by molar-refractivity contribution is 0.436. The second-order valence-corrected chi connectivity index (χ2v) is 5.32. The van der Waals surface area contributed by atoms with Crippen LogP contribution in [0.3, 0.4) is 0 Å². The Balaban J connectivity index is 0.000000208. The Labute approximate surface area is 148 Å². The highest BCUT2D eigenvalue weighted by molar-refractivity contribution is 7.80. The van der Waals surface area contributed by atoms with Gasteiger partial charge in [-0.05, 0) is 23.3 Å². The van der Waals surface area contributed by atoms with Gasteiger partial charge in [0.05, 0.1) is 11.4 Å². The second kappa shape index (κ2) is 11.5. The standard InChI is InChI=1S/C12H10.C6H5FS.H2O3S/c1-3-7-11(8-4-1)12-9-5-2-6-10-12;7-5-3-1-2-4-6(5)8;1-4(2)3/h1-10H;1-4,8H;(H2,1,2,3)/p-1. The maximum atomic E-state index is 12.2. The summed E-state index contributed by atoms with van der Waals surface area (Å²) < 4.78 is 36.3. The van der Waals surface area contributed by atoms with Gasteiger partial charge < -0.3 is 9.11 Å². The van der Waals surface area contributed by atoms with Crippen molar-refractivity contribution >= 4 is 24.0 Å². The van der Waals surface area contributed by atoms with Gasteiger partial charge in [0.15, 0.2) is 0 Å². The van der Waals surface area contributed by atoms with E-state index in [0.717, 1.165) is 0 Å². The van der Waals surface area contributed by atoms with Gasteiger partial charge in [0.25, 0.3) is 0 Å². The molecular weight excluding hydrogens is 347 g/mol. The van der Waals surface area contributed by atoms with E-state index in [9.17, 15) is 4.39 Å². The Morgan fingerprint density at radius 3 is 1.42 bits per heavy atom. The van der Waals surface area contributed by atoms with Crippen molar-refractivity contribution in [3.63, 3.8) is 0 Å². The fourth-order valence-electron chi connectivity index (χ4n) is 1.71. The summed E-state index contributed by atoms with van der Waals surface area (Å²) in [5, 5.41) is 0. The monoisotopic (exact) mass is 363 g/mol. The quantitative estimate of drug-likeness (QED) is 0.482. The largest absolute Gasteiger partial charge is 0.750 e. The second-order valence-electron chi connectivity index (χ2n) is 4.40. The van der Waals surface area contributed by atoms with Crippen molar-refractivity contribution in [2.75, 3.05) is 0 Å². The molecule has 3 rings (SSSR count). The molecule has 6 heteroatoms. The predicted molar refractivity (Wildman–Crippen MR) is 97.1 cm³/mol. The Morgan fingerprint density at radius 2 is 1.12 bits per heavy atom. The average Bonchev–Trinajstić information content (AvgIpc) is 2.59. The van der Waals surface area contributed by atoms with Gasteiger partial charge in [0, 0.05) is 4.90 Å². The van der Waals surface area contributed by atoms with Crippen molar-refractivity contribution in [2.24, 2.45) is 0 Å². The van der Waals surface area contributed by atoms with Crippen LogP contribution in [0.15, 0.2) is 89.8 Å². The van der Waals surface area contributed by atoms with E-state index in [1.807, 2.05) is 12.1 Å². The third-order valence-corrected chi connectivity index (χ3v) is 3.10. The Hall–Kier alpha value is -1.99. The molecule has 0 heterocycles. The number of hydrogen-bond donors (Lipinski definition) is 2. The molecule has 0 spiro atoms. The van der Waals surface area contributed by atoms with Crippen molar-refractivity contribution in [3.8, 4) is 11.1 Å². The molecule has 0 saturated carbocycles. The maximum Gasteiger partial charge on any atom is 0.136 e. The first-order valence-electron chi connectivity index (χ1n) is 6.83. The molecule has 0 fully saturated rings. The van der Waals surface area contributed by atoms with Gasteiger partial charge in [0.1, 0.15) is 5.82 Å². The molecule has 0 saturated heterocycles. The highest BCUT2D eigenvalue weighted by Gasteiger charge is 1.92. The summed E-state index contributed by atoms with van der Waals surface area (Å²) in [5.41, 5.74) is 2.55. The fourth-order valence-corrected chi connectivity index (χ4v) is 1.87. The number of hydrogen-bond acceptors (Lipinski definition) is 3. The molecule has 0 aliphatic heterocycles. The third-order valence-electron chi connectivity index (χ3n) is 2.73. The number of thiol groups is 1. The van der Waals surface area contributed by atoms with Crippen LogP contribution in [0.4, 0.5) is 4.39 Å². The van der Waals surface area contributed by atoms with Crippen molar-refractivity contribution in [2.45, 2.75) is 4.90 Å². The molecular formula is C18H16FO3S2-. The summed E-state index contributed by atoms with van der Waals surface area (Å²) in [6.45, 7) is 0. The predicted octanol–water partition coefficient (Wildman–Crippen LogP) is 4.81. The lowest BCUT2D eigenvalue weighted by Gasteiger charge is -1.98. The molecule has 0 amide bonds. The van der Waals surface area contributed by atoms with Gasteiger partial charge >= 0.3 is 0 Å². The molecule has 3 aromatic carbocycles. The Bertz CT molecular complexity index is 675. The molecule has 1 N–H and O–H groups in total. The lowest BCUT2D eigenvalue weighted by Crippen LogP contribution is -1.75. The minimum Gasteiger partial charge on any atom is -0.750 e. The van der Waals surface area contributed by atoms with E-state index < -0.39 is 11.4 Å². The van der Waals surface area contributed by atoms with E-state index in [1.54, 1.807) is 18.2 Å². The normalized spacial score (nSPS) is 10.5. The zero-order valence-corrected chi connectivity index (χ0v) is 14.3. The zero-order chi connectivity index (χ0) is 17.8. The van der Waals surface area contributed by atoms with Crippen LogP contribution >= 0.6 is 12.6 Å². The average molecular weight is 363 g/mol. The van der Waals surface area contributed by atoms with E-state index >= 15 is 0 Å². The highest BCUT2D eigenvalue weighted by Crippen LogP contribution is 2.17. The summed E-state index contributed by atoms with van der Waals surface area (Å²) in [6.07, 6.45) is 0. The Morgan fingerprint density at radius 1 is 0.792 bits per heavy atom. The smallest absolute Gasteiger partial charge is 0.136 e. The van der Waals surface area contributed by atoms with Crippen LogP contribution in [-0.2, 0) is 11.4 Å². The van der Waals surface area contributed by atoms with Crippen molar-refractivity contribution in [1.29, 1.82) is 0 Å². The van der Waals surface area contributed by atoms with Crippen LogP contribution in [0.25, 0.3) is 11.1 Å². The minimum atomic E-state index is -2.86. The first kappa shape index (κ1) is 20.1. The van der Waals surface area contributed by atoms with Gasteiger partial charge in [-0.1, -0.05) is 72.8 Å². The molecule has 24 heavy (non-hydrogen) atoms. The molecule has 0 aliphatic rings. The fraction of sp³-hybridized carbons (Fsp3) is 0. The molecule has 0 aromatic heterocycles. The van der Waals surface area contributed by atoms with E-state index in [2.05, 4.69) is 61.2 Å². The van der Waals surface area contributed by atoms with Gasteiger partial charge in [-0.2, -0.15) is 0 Å². The van der Waals surface area contributed by atoms with Crippen LogP contribution in [0, 0.1) is 5.82 Å². The van der Waals surface area contributed by atoms with Crippen LogP contribution in [-0.4, -0.2) is 13.3 Å². The summed E-state index contributed by atoms with van der Waals surface area (Å²) in [7, 11) is 0. The van der Waals surface area contributed by atoms with E-state index in [0.29, 0.717) is 4.90 Å². The first-order chi connectivity index (χ1) is 11.5. The van der Waals surface area contributed by atoms with Crippen LogP contribution < -0.4 is 0 Å².